The van der Waals surface area contributed by atoms with Gasteiger partial charge in [-0.15, -0.1) is 0 Å². The highest BCUT2D eigenvalue weighted by atomic mass is 27.0. The fourth-order valence-electron chi connectivity index (χ4n) is 0.661. The number of primary amides is 1. The lowest BCUT2D eigenvalue weighted by Gasteiger charge is -2.05. The first-order valence-corrected chi connectivity index (χ1v) is 2.77. The molecule has 0 spiro atoms. The zero-order valence-electron chi connectivity index (χ0n) is 5.38. The number of nitrogens with one attached hydrogen (secondary N) is 3. The van der Waals surface area contributed by atoms with E-state index in [0.29, 0.717) is 0 Å². The van der Waals surface area contributed by atoms with Gasteiger partial charge in [-0.1, -0.05) is 0 Å². The van der Waals surface area contributed by atoms with Crippen molar-refractivity contribution in [3.05, 3.63) is 0 Å². The minimum absolute atomic E-state index is 0. The predicted octanol–water partition coefficient (Wildman–Crippen LogP) is -3.36. The van der Waals surface area contributed by atoms with Crippen LogP contribution in [0.5, 0.6) is 0 Å². The second-order valence-electron chi connectivity index (χ2n) is 1.90. The summed E-state index contributed by atoms with van der Waals surface area (Å²) in [6.45, 7) is 0. The van der Waals surface area contributed by atoms with Crippen LogP contribution in [-0.4, -0.2) is 41.5 Å². The Morgan fingerprint density at radius 3 is 2.42 bits per heavy atom. The standard InChI is InChI=1S/C4H6N4O3.Al.3H/c5-3(10)6-1-2(9)8-4(11)7-1;;;;/h1H,(H3,5,6,10)(H2,7,8,9,11);;;;. The zero-order valence-corrected chi connectivity index (χ0v) is 5.38. The third kappa shape index (κ3) is 2.41. The van der Waals surface area contributed by atoms with E-state index in [4.69, 9.17) is 5.73 Å². The maximum atomic E-state index is 10.7. The third-order valence-electron chi connectivity index (χ3n) is 1.06. The summed E-state index contributed by atoms with van der Waals surface area (Å²) in [7, 11) is 0. The number of carbonyl (C=O) groups excluding carboxylic acids is 3. The van der Waals surface area contributed by atoms with Gasteiger partial charge in [-0.3, -0.25) is 10.1 Å². The quantitative estimate of drug-likeness (QED) is 0.254. The molecule has 1 rings (SSSR count). The van der Waals surface area contributed by atoms with Gasteiger partial charge >= 0.3 is 12.1 Å². The Balaban J connectivity index is 0.00000121. The highest BCUT2D eigenvalue weighted by Gasteiger charge is 2.29. The molecule has 0 aromatic heterocycles. The summed E-state index contributed by atoms with van der Waals surface area (Å²) in [6.07, 6.45) is -1.04. The lowest BCUT2D eigenvalue weighted by atomic mass is 10.5. The molecular weight excluding hydrogens is 179 g/mol. The molecule has 7 nitrogen and oxygen atoms in total. The average molecular weight is 188 g/mol. The van der Waals surface area contributed by atoms with Crippen LogP contribution in [0.15, 0.2) is 0 Å². The van der Waals surface area contributed by atoms with Crippen LogP contribution in [0.25, 0.3) is 0 Å². The van der Waals surface area contributed by atoms with Crippen LogP contribution in [0, 0.1) is 0 Å². The van der Waals surface area contributed by atoms with Crippen LogP contribution >= 0.6 is 0 Å². The number of urea groups is 2. The Kier molecular flexibility index (Phi) is 3.53. The highest BCUT2D eigenvalue weighted by Crippen LogP contribution is 1.86. The number of amides is 5. The van der Waals surface area contributed by atoms with E-state index in [9.17, 15) is 14.4 Å². The van der Waals surface area contributed by atoms with Crippen molar-refractivity contribution in [1.29, 1.82) is 0 Å². The maximum absolute atomic E-state index is 10.7. The summed E-state index contributed by atoms with van der Waals surface area (Å²) < 4.78 is 0. The van der Waals surface area contributed by atoms with Crippen LogP contribution in [0.2, 0.25) is 0 Å². The molecule has 8 heteroatoms. The van der Waals surface area contributed by atoms with Gasteiger partial charge in [0.05, 0.1) is 0 Å². The van der Waals surface area contributed by atoms with Crippen molar-refractivity contribution >= 4 is 35.3 Å². The van der Waals surface area contributed by atoms with Gasteiger partial charge in [-0.25, -0.2) is 9.59 Å². The maximum Gasteiger partial charge on any atom is 0.323 e. The minimum Gasteiger partial charge on any atom is -0.352 e. The van der Waals surface area contributed by atoms with E-state index in [1.807, 2.05) is 10.6 Å². The van der Waals surface area contributed by atoms with Crippen molar-refractivity contribution in [3.63, 3.8) is 0 Å². The second-order valence-corrected chi connectivity index (χ2v) is 1.90. The Labute approximate surface area is 78.2 Å². The van der Waals surface area contributed by atoms with Crippen LogP contribution in [0.1, 0.15) is 0 Å². The highest BCUT2D eigenvalue weighted by molar-refractivity contribution is 6.05. The number of hydrogen-bond donors (Lipinski definition) is 4. The molecule has 0 aromatic carbocycles. The molecule has 1 saturated heterocycles. The molecule has 66 valence electrons. The van der Waals surface area contributed by atoms with E-state index in [1.165, 1.54) is 0 Å². The van der Waals surface area contributed by atoms with Crippen molar-refractivity contribution in [2.75, 3.05) is 0 Å². The molecule has 1 fully saturated rings. The molecule has 1 aliphatic rings. The van der Waals surface area contributed by atoms with Crippen LogP contribution in [-0.2, 0) is 4.79 Å². The van der Waals surface area contributed by atoms with Crippen LogP contribution < -0.4 is 21.7 Å². The Bertz CT molecular complexity index is 230. The molecule has 0 radical (unpaired) electrons. The Morgan fingerprint density at radius 1 is 1.50 bits per heavy atom. The molecule has 0 aliphatic carbocycles. The van der Waals surface area contributed by atoms with Gasteiger partial charge < -0.3 is 16.4 Å². The molecule has 1 aliphatic heterocycles. The summed E-state index contributed by atoms with van der Waals surface area (Å²) in [4.78, 5) is 31.3. The number of carbonyl (C=O) groups is 3. The van der Waals surface area contributed by atoms with Gasteiger partial charge in [0, 0.05) is 0 Å². The Morgan fingerprint density at radius 2 is 2.08 bits per heavy atom. The normalized spacial score (nSPS) is 20.5. The molecule has 1 unspecified atom stereocenters. The second kappa shape index (κ2) is 3.94. The molecule has 0 saturated carbocycles. The lowest BCUT2D eigenvalue weighted by Crippen LogP contribution is -2.48. The molecule has 5 amide bonds. The number of imide groups is 1. The topological polar surface area (TPSA) is 113 Å². The van der Waals surface area contributed by atoms with Crippen molar-refractivity contribution in [2.24, 2.45) is 5.73 Å². The Hall–Kier alpha value is -1.26. The van der Waals surface area contributed by atoms with Crippen molar-refractivity contribution in [3.8, 4) is 0 Å². The first-order valence-electron chi connectivity index (χ1n) is 2.77. The van der Waals surface area contributed by atoms with Crippen LogP contribution in [0.4, 0.5) is 9.59 Å². The average Bonchev–Trinajstić information content (AvgIpc) is 2.09. The summed E-state index contributed by atoms with van der Waals surface area (Å²) >= 11 is 0. The summed E-state index contributed by atoms with van der Waals surface area (Å²) in [6, 6.07) is -1.51. The van der Waals surface area contributed by atoms with Gasteiger partial charge in [-0.2, -0.15) is 0 Å². The largest absolute Gasteiger partial charge is 0.352 e. The number of nitrogens with two attached hydrogens (primary N) is 1. The molecule has 1 atom stereocenters. The van der Waals surface area contributed by atoms with Crippen molar-refractivity contribution < 1.29 is 14.4 Å². The zero-order chi connectivity index (χ0) is 8.43. The predicted molar refractivity (Wildman–Crippen MR) is 43.1 cm³/mol. The molecule has 1 heterocycles. The lowest BCUT2D eigenvalue weighted by molar-refractivity contribution is -0.120. The van der Waals surface area contributed by atoms with Crippen molar-refractivity contribution in [2.45, 2.75) is 6.17 Å². The van der Waals surface area contributed by atoms with E-state index >= 15 is 0 Å². The van der Waals surface area contributed by atoms with E-state index in [2.05, 4.69) is 5.32 Å². The van der Waals surface area contributed by atoms with Crippen LogP contribution in [0.3, 0.4) is 0 Å². The first-order chi connectivity index (χ1) is 5.09. The van der Waals surface area contributed by atoms with Gasteiger partial charge in [0.2, 0.25) is 0 Å². The molecular formula is C4H9AlN4O3. The third-order valence-corrected chi connectivity index (χ3v) is 1.06. The molecule has 12 heavy (non-hydrogen) atoms. The van der Waals surface area contributed by atoms with E-state index < -0.39 is 24.1 Å². The monoisotopic (exact) mass is 188 g/mol. The fourth-order valence-corrected chi connectivity index (χ4v) is 0.661. The smallest absolute Gasteiger partial charge is 0.323 e. The fraction of sp³-hybridized carbons (Fsp3) is 0.250. The minimum atomic E-state index is -1.04. The SMILES string of the molecule is NC(=O)NC1NC(=O)NC1=O.[AlH3]. The van der Waals surface area contributed by atoms with Gasteiger partial charge in [0.25, 0.3) is 5.91 Å². The first kappa shape index (κ1) is 10.7. The number of hydrogen-bond acceptors (Lipinski definition) is 3. The van der Waals surface area contributed by atoms with E-state index in [0.717, 1.165) is 0 Å². The summed E-state index contributed by atoms with van der Waals surface area (Å²) in [5, 5.41) is 6.05. The molecule has 0 aromatic rings. The van der Waals surface area contributed by atoms with E-state index in [1.54, 1.807) is 0 Å². The summed E-state index contributed by atoms with van der Waals surface area (Å²) in [5.41, 5.74) is 4.70. The van der Waals surface area contributed by atoms with Gasteiger partial charge in [0.1, 0.15) is 0 Å². The number of rotatable bonds is 1. The molecule has 0 bridgehead atoms. The van der Waals surface area contributed by atoms with Crippen molar-refractivity contribution in [1.82, 2.24) is 16.0 Å². The summed E-state index contributed by atoms with van der Waals surface area (Å²) in [5.74, 6) is -0.617. The van der Waals surface area contributed by atoms with Gasteiger partial charge in [-0.05, 0) is 0 Å². The van der Waals surface area contributed by atoms with Gasteiger partial charge in [0.15, 0.2) is 23.5 Å². The molecule has 5 N–H and O–H groups in total. The van der Waals surface area contributed by atoms with E-state index in [-0.39, 0.29) is 17.4 Å².